The van der Waals surface area contributed by atoms with Crippen molar-refractivity contribution in [1.29, 1.82) is 0 Å². The molecule has 1 aromatic carbocycles. The maximum Gasteiger partial charge on any atom is 0.136 e. The quantitative estimate of drug-likeness (QED) is 0.864. The summed E-state index contributed by atoms with van der Waals surface area (Å²) in [5.41, 5.74) is 3.58. The van der Waals surface area contributed by atoms with E-state index >= 15 is 0 Å². The average Bonchev–Trinajstić information content (AvgIpc) is 2.65. The number of aromatic nitrogens is 2. The number of benzene rings is 1. The third-order valence-electron chi connectivity index (χ3n) is 5.14. The highest BCUT2D eigenvalue weighted by molar-refractivity contribution is 5.51. The van der Waals surface area contributed by atoms with Crippen LogP contribution in [0.15, 0.2) is 30.3 Å². The molecule has 2 aromatic rings. The van der Waals surface area contributed by atoms with Crippen LogP contribution in [-0.2, 0) is 6.42 Å². The molecule has 0 amide bonds. The first kappa shape index (κ1) is 18.8. The van der Waals surface area contributed by atoms with Crippen molar-refractivity contribution in [3.63, 3.8) is 0 Å². The van der Waals surface area contributed by atoms with E-state index in [2.05, 4.69) is 46.0 Å². The molecule has 1 N–H and O–H groups in total. The van der Waals surface area contributed by atoms with Crippen molar-refractivity contribution < 1.29 is 5.11 Å². The minimum Gasteiger partial charge on any atom is -0.392 e. The van der Waals surface area contributed by atoms with Crippen molar-refractivity contribution >= 4 is 5.82 Å². The van der Waals surface area contributed by atoms with Crippen LogP contribution in [0.3, 0.4) is 0 Å². The van der Waals surface area contributed by atoms with E-state index < -0.39 is 0 Å². The van der Waals surface area contributed by atoms with Crippen LogP contribution in [0.25, 0.3) is 0 Å². The fourth-order valence-electron chi connectivity index (χ4n) is 3.56. The predicted octanol–water partition coefficient (Wildman–Crippen LogP) is 2.58. The Kier molecular flexibility index (Phi) is 6.22. The van der Waals surface area contributed by atoms with Crippen molar-refractivity contribution in [2.24, 2.45) is 0 Å². The summed E-state index contributed by atoms with van der Waals surface area (Å²) in [6.45, 7) is 10.7. The Morgan fingerprint density at radius 2 is 1.73 bits per heavy atom. The van der Waals surface area contributed by atoms with Gasteiger partial charge in [0.05, 0.1) is 6.10 Å². The zero-order valence-corrected chi connectivity index (χ0v) is 16.1. The van der Waals surface area contributed by atoms with E-state index in [9.17, 15) is 5.11 Å². The molecule has 0 radical (unpaired) electrons. The molecule has 5 nitrogen and oxygen atoms in total. The van der Waals surface area contributed by atoms with Crippen LogP contribution in [0.4, 0.5) is 5.82 Å². The molecule has 0 spiro atoms. The molecule has 1 aliphatic rings. The van der Waals surface area contributed by atoms with Gasteiger partial charge in [0, 0.05) is 50.4 Å². The molecule has 5 heteroatoms. The number of piperazine rings is 1. The van der Waals surface area contributed by atoms with Crippen molar-refractivity contribution in [3.8, 4) is 0 Å². The summed E-state index contributed by atoms with van der Waals surface area (Å²) < 4.78 is 0. The summed E-state index contributed by atoms with van der Waals surface area (Å²) in [5.74, 6) is 1.91. The van der Waals surface area contributed by atoms with Gasteiger partial charge in [-0.25, -0.2) is 9.97 Å². The van der Waals surface area contributed by atoms with Crippen LogP contribution in [-0.4, -0.2) is 58.8 Å². The molecule has 0 bridgehead atoms. The third kappa shape index (κ3) is 4.59. The molecule has 140 valence electrons. The second-order valence-electron chi connectivity index (χ2n) is 7.17. The number of anilines is 1. The summed E-state index contributed by atoms with van der Waals surface area (Å²) in [5, 5.41) is 9.90. The van der Waals surface area contributed by atoms with Crippen molar-refractivity contribution in [2.45, 2.75) is 39.7 Å². The number of rotatable bonds is 6. The maximum absolute atomic E-state index is 9.90. The normalized spacial score (nSPS) is 16.7. The van der Waals surface area contributed by atoms with Gasteiger partial charge in [-0.2, -0.15) is 0 Å². The van der Waals surface area contributed by atoms with Crippen molar-refractivity contribution in [2.75, 3.05) is 37.6 Å². The molecule has 2 heterocycles. The number of nitrogens with zero attached hydrogens (tertiary/aromatic N) is 4. The second-order valence-corrected chi connectivity index (χ2v) is 7.17. The molecule has 1 saturated heterocycles. The predicted molar refractivity (Wildman–Crippen MR) is 106 cm³/mol. The van der Waals surface area contributed by atoms with E-state index in [1.807, 2.05) is 19.9 Å². The lowest BCUT2D eigenvalue weighted by Gasteiger charge is -2.37. The van der Waals surface area contributed by atoms with Crippen LogP contribution >= 0.6 is 0 Å². The minimum absolute atomic E-state index is 0.223. The van der Waals surface area contributed by atoms with Crippen LogP contribution in [0.5, 0.6) is 0 Å². The van der Waals surface area contributed by atoms with E-state index in [4.69, 9.17) is 4.98 Å². The smallest absolute Gasteiger partial charge is 0.136 e. The molecule has 1 aromatic heterocycles. The SMILES string of the molecule is CCC(O)CN1CCN(c2nc(C)nc(C)c2Cc2ccccc2)CC1. The van der Waals surface area contributed by atoms with Gasteiger partial charge >= 0.3 is 0 Å². The van der Waals surface area contributed by atoms with E-state index in [0.29, 0.717) is 0 Å². The summed E-state index contributed by atoms with van der Waals surface area (Å²) in [4.78, 5) is 14.1. The third-order valence-corrected chi connectivity index (χ3v) is 5.14. The molecule has 3 rings (SSSR count). The highest BCUT2D eigenvalue weighted by atomic mass is 16.3. The molecular formula is C21H30N4O. The molecule has 1 unspecified atom stereocenters. The van der Waals surface area contributed by atoms with Gasteiger partial charge in [-0.15, -0.1) is 0 Å². The largest absolute Gasteiger partial charge is 0.392 e. The Hall–Kier alpha value is -1.98. The van der Waals surface area contributed by atoms with Gasteiger partial charge in [-0.05, 0) is 25.8 Å². The molecule has 0 aliphatic carbocycles. The number of aliphatic hydroxyl groups excluding tert-OH is 1. The Morgan fingerprint density at radius 1 is 1.04 bits per heavy atom. The van der Waals surface area contributed by atoms with Gasteiger partial charge in [0.1, 0.15) is 11.6 Å². The van der Waals surface area contributed by atoms with E-state index in [0.717, 1.165) is 62.9 Å². The summed E-state index contributed by atoms with van der Waals surface area (Å²) >= 11 is 0. The highest BCUT2D eigenvalue weighted by Crippen LogP contribution is 2.25. The van der Waals surface area contributed by atoms with Crippen LogP contribution in [0, 0.1) is 13.8 Å². The second kappa shape index (κ2) is 8.60. The molecule has 1 fully saturated rings. The van der Waals surface area contributed by atoms with Crippen LogP contribution in [0.1, 0.15) is 36.0 Å². The van der Waals surface area contributed by atoms with E-state index in [-0.39, 0.29) is 6.10 Å². The van der Waals surface area contributed by atoms with Gasteiger partial charge in [0.25, 0.3) is 0 Å². The standard InChI is InChI=1S/C21H30N4O/c1-4-19(26)15-24-10-12-25(13-11-24)21-20(16(2)22-17(3)23-21)14-18-8-6-5-7-9-18/h5-9,19,26H,4,10-15H2,1-3H3. The zero-order valence-electron chi connectivity index (χ0n) is 16.1. The number of aryl methyl sites for hydroxylation is 2. The first-order valence-electron chi connectivity index (χ1n) is 9.60. The first-order valence-corrected chi connectivity index (χ1v) is 9.60. The summed E-state index contributed by atoms with van der Waals surface area (Å²) in [6.07, 6.45) is 1.45. The number of aliphatic hydroxyl groups is 1. The number of hydrogen-bond acceptors (Lipinski definition) is 5. The lowest BCUT2D eigenvalue weighted by atomic mass is 10.0. The lowest BCUT2D eigenvalue weighted by Crippen LogP contribution is -2.49. The van der Waals surface area contributed by atoms with Crippen LogP contribution in [0.2, 0.25) is 0 Å². The van der Waals surface area contributed by atoms with Gasteiger partial charge in [0.15, 0.2) is 0 Å². The van der Waals surface area contributed by atoms with E-state index in [1.54, 1.807) is 0 Å². The topological polar surface area (TPSA) is 52.5 Å². The molecule has 0 saturated carbocycles. The molecule has 1 atom stereocenters. The monoisotopic (exact) mass is 354 g/mol. The Morgan fingerprint density at radius 3 is 2.38 bits per heavy atom. The molecular weight excluding hydrogens is 324 g/mol. The number of β-amino-alcohol motifs (C(OH)–C–C–N with tert-alkyl or cyclic N) is 1. The zero-order chi connectivity index (χ0) is 18.5. The van der Waals surface area contributed by atoms with Gasteiger partial charge in [0.2, 0.25) is 0 Å². The molecule has 1 aliphatic heterocycles. The van der Waals surface area contributed by atoms with Gasteiger partial charge < -0.3 is 10.0 Å². The fourth-order valence-corrected chi connectivity index (χ4v) is 3.56. The van der Waals surface area contributed by atoms with E-state index in [1.165, 1.54) is 11.1 Å². The highest BCUT2D eigenvalue weighted by Gasteiger charge is 2.23. The molecule has 26 heavy (non-hydrogen) atoms. The number of hydrogen-bond donors (Lipinski definition) is 1. The van der Waals surface area contributed by atoms with Crippen LogP contribution < -0.4 is 4.90 Å². The Bertz CT molecular complexity index is 711. The first-order chi connectivity index (χ1) is 12.6. The average molecular weight is 354 g/mol. The van der Waals surface area contributed by atoms with Gasteiger partial charge in [-0.1, -0.05) is 37.3 Å². The summed E-state index contributed by atoms with van der Waals surface area (Å²) in [6, 6.07) is 10.5. The fraction of sp³-hybridized carbons (Fsp3) is 0.524. The Labute approximate surface area is 156 Å². The minimum atomic E-state index is -0.223. The Balaban J connectivity index is 1.77. The van der Waals surface area contributed by atoms with Crippen molar-refractivity contribution in [3.05, 3.63) is 53.0 Å². The maximum atomic E-state index is 9.90. The lowest BCUT2D eigenvalue weighted by molar-refractivity contribution is 0.106. The summed E-state index contributed by atoms with van der Waals surface area (Å²) in [7, 11) is 0. The van der Waals surface area contributed by atoms with Crippen molar-refractivity contribution in [1.82, 2.24) is 14.9 Å². The van der Waals surface area contributed by atoms with Gasteiger partial charge in [-0.3, -0.25) is 4.90 Å².